The molecule has 1 heterocycles. The molecule has 2 N–H and O–H groups in total. The van der Waals surface area contributed by atoms with Gasteiger partial charge in [-0.2, -0.15) is 0 Å². The van der Waals surface area contributed by atoms with Crippen LogP contribution < -0.4 is 10.6 Å². The Balaban J connectivity index is 2.47. The lowest BCUT2D eigenvalue weighted by Gasteiger charge is -2.33. The molecule has 22 heavy (non-hydrogen) atoms. The molecule has 1 atom stereocenters. The van der Waals surface area contributed by atoms with Crippen molar-refractivity contribution in [2.24, 2.45) is 5.92 Å². The molecule has 0 aromatic carbocycles. The summed E-state index contributed by atoms with van der Waals surface area (Å²) >= 11 is 0. The zero-order valence-electron chi connectivity index (χ0n) is 13.8. The molecule has 0 spiro atoms. The van der Waals surface area contributed by atoms with Crippen LogP contribution in [0.25, 0.3) is 0 Å². The maximum absolute atomic E-state index is 12.1. The first kappa shape index (κ1) is 18.8. The predicted molar refractivity (Wildman–Crippen MR) is 87.8 cm³/mol. The summed E-state index contributed by atoms with van der Waals surface area (Å²) < 4.78 is 25.7. The number of amides is 2. The van der Waals surface area contributed by atoms with Gasteiger partial charge in [0.25, 0.3) is 0 Å². The molecule has 2 amide bonds. The van der Waals surface area contributed by atoms with Crippen LogP contribution in [-0.2, 0) is 10.0 Å². The van der Waals surface area contributed by atoms with Crippen molar-refractivity contribution in [1.29, 1.82) is 0 Å². The fraction of sp³-hybridized carbons (Fsp3) is 0.800. The second-order valence-electron chi connectivity index (χ2n) is 6.27. The van der Waals surface area contributed by atoms with E-state index in [0.717, 1.165) is 0 Å². The average Bonchev–Trinajstić information content (AvgIpc) is 2.44. The van der Waals surface area contributed by atoms with Crippen molar-refractivity contribution in [3.8, 4) is 12.3 Å². The molecule has 7 heteroatoms. The van der Waals surface area contributed by atoms with Crippen molar-refractivity contribution >= 4 is 16.1 Å². The Morgan fingerprint density at radius 2 is 1.77 bits per heavy atom. The molecule has 0 aromatic heterocycles. The summed E-state index contributed by atoms with van der Waals surface area (Å²) in [4.78, 5) is 11.9. The van der Waals surface area contributed by atoms with E-state index in [9.17, 15) is 13.2 Å². The van der Waals surface area contributed by atoms with Crippen molar-refractivity contribution in [2.75, 3.05) is 13.1 Å². The molecule has 0 aromatic rings. The third kappa shape index (κ3) is 4.89. The van der Waals surface area contributed by atoms with Gasteiger partial charge in [-0.1, -0.05) is 19.8 Å². The summed E-state index contributed by atoms with van der Waals surface area (Å²) in [7, 11) is -3.21. The van der Waals surface area contributed by atoms with E-state index in [4.69, 9.17) is 6.42 Å². The van der Waals surface area contributed by atoms with Crippen molar-refractivity contribution in [3.05, 3.63) is 0 Å². The molecule has 1 rings (SSSR count). The minimum atomic E-state index is -3.21. The molecule has 0 aliphatic carbocycles. The van der Waals surface area contributed by atoms with E-state index in [-0.39, 0.29) is 24.0 Å². The molecule has 1 saturated heterocycles. The van der Waals surface area contributed by atoms with Crippen LogP contribution in [0.2, 0.25) is 0 Å². The number of nitrogens with zero attached hydrogens (tertiary/aromatic N) is 1. The zero-order valence-corrected chi connectivity index (χ0v) is 14.6. The van der Waals surface area contributed by atoms with E-state index in [1.54, 1.807) is 13.8 Å². The van der Waals surface area contributed by atoms with Gasteiger partial charge < -0.3 is 10.6 Å². The van der Waals surface area contributed by atoms with E-state index in [1.165, 1.54) is 4.31 Å². The van der Waals surface area contributed by atoms with Crippen LogP contribution in [0.5, 0.6) is 0 Å². The number of carbonyl (C=O) groups is 1. The van der Waals surface area contributed by atoms with Crippen LogP contribution in [0, 0.1) is 18.3 Å². The Morgan fingerprint density at radius 1 is 1.23 bits per heavy atom. The van der Waals surface area contributed by atoms with Gasteiger partial charge >= 0.3 is 6.03 Å². The van der Waals surface area contributed by atoms with Crippen LogP contribution in [0.4, 0.5) is 4.79 Å². The number of sulfonamides is 1. The average molecular weight is 329 g/mol. The van der Waals surface area contributed by atoms with Crippen LogP contribution in [-0.4, -0.2) is 49.2 Å². The van der Waals surface area contributed by atoms with Gasteiger partial charge in [-0.25, -0.2) is 17.5 Å². The Labute approximate surface area is 134 Å². The lowest BCUT2D eigenvalue weighted by Crippen LogP contribution is -2.52. The van der Waals surface area contributed by atoms with Crippen molar-refractivity contribution in [3.63, 3.8) is 0 Å². The normalized spacial score (nSPS) is 19.0. The van der Waals surface area contributed by atoms with E-state index >= 15 is 0 Å². The third-order valence-electron chi connectivity index (χ3n) is 3.88. The van der Waals surface area contributed by atoms with Gasteiger partial charge in [-0.05, 0) is 32.6 Å². The molecule has 0 saturated carbocycles. The Hall–Kier alpha value is -1.26. The number of piperidine rings is 1. The molecule has 126 valence electrons. The standard InChI is InChI=1S/C15H27N3O3S/c1-6-14(11(2)3)17-15(19)16-13-7-9-18(10-8-13)22(20,21)12(4)5/h1,11-14H,7-10H2,2-5H3,(H2,16,17,19)/t14-/m0/s1. The van der Waals surface area contributed by atoms with Gasteiger partial charge in [0.15, 0.2) is 0 Å². The first-order valence-corrected chi connectivity index (χ1v) is 9.21. The van der Waals surface area contributed by atoms with Gasteiger partial charge in [0, 0.05) is 19.1 Å². The smallest absolute Gasteiger partial charge is 0.315 e. The number of hydrogen-bond acceptors (Lipinski definition) is 3. The van der Waals surface area contributed by atoms with Gasteiger partial charge in [-0.3, -0.25) is 0 Å². The largest absolute Gasteiger partial charge is 0.335 e. The fourth-order valence-corrected chi connectivity index (χ4v) is 3.64. The molecule has 0 bridgehead atoms. The third-order valence-corrected chi connectivity index (χ3v) is 6.15. The second-order valence-corrected chi connectivity index (χ2v) is 8.76. The topological polar surface area (TPSA) is 78.5 Å². The lowest BCUT2D eigenvalue weighted by molar-refractivity contribution is 0.223. The zero-order chi connectivity index (χ0) is 16.9. The van der Waals surface area contributed by atoms with Gasteiger partial charge in [0.05, 0.1) is 11.3 Å². The Morgan fingerprint density at radius 3 is 2.18 bits per heavy atom. The number of carbonyl (C=O) groups excluding carboxylic acids is 1. The Bertz CT molecular complexity index is 515. The van der Waals surface area contributed by atoms with Crippen LogP contribution in [0.15, 0.2) is 0 Å². The van der Waals surface area contributed by atoms with E-state index < -0.39 is 15.3 Å². The van der Waals surface area contributed by atoms with Crippen LogP contribution in [0.1, 0.15) is 40.5 Å². The number of urea groups is 1. The molecule has 0 unspecified atom stereocenters. The number of hydrogen-bond donors (Lipinski definition) is 2. The SMILES string of the molecule is C#C[C@H](NC(=O)NC1CCN(S(=O)(=O)C(C)C)CC1)C(C)C. The monoisotopic (exact) mass is 329 g/mol. The molecule has 0 radical (unpaired) electrons. The predicted octanol–water partition coefficient (Wildman–Crippen LogP) is 1.15. The minimum Gasteiger partial charge on any atom is -0.335 e. The molecule has 1 aliphatic rings. The molecular weight excluding hydrogens is 302 g/mol. The summed E-state index contributed by atoms with van der Waals surface area (Å²) in [6, 6.07) is -0.618. The summed E-state index contributed by atoms with van der Waals surface area (Å²) in [6.45, 7) is 8.13. The summed E-state index contributed by atoms with van der Waals surface area (Å²) in [5, 5.41) is 5.21. The van der Waals surface area contributed by atoms with Gasteiger partial charge in [0.2, 0.25) is 10.0 Å². The molecule has 1 fully saturated rings. The van der Waals surface area contributed by atoms with Gasteiger partial charge in [0.1, 0.15) is 0 Å². The summed E-state index contributed by atoms with van der Waals surface area (Å²) in [6.07, 6.45) is 6.61. The van der Waals surface area contributed by atoms with E-state index in [1.807, 2.05) is 13.8 Å². The van der Waals surface area contributed by atoms with Crippen LogP contribution >= 0.6 is 0 Å². The molecule has 1 aliphatic heterocycles. The van der Waals surface area contributed by atoms with Crippen LogP contribution in [0.3, 0.4) is 0 Å². The maximum atomic E-state index is 12.1. The fourth-order valence-electron chi connectivity index (χ4n) is 2.32. The summed E-state index contributed by atoms with van der Waals surface area (Å²) in [5.41, 5.74) is 0. The van der Waals surface area contributed by atoms with Gasteiger partial charge in [-0.15, -0.1) is 6.42 Å². The van der Waals surface area contributed by atoms with Crippen molar-refractivity contribution in [2.45, 2.75) is 57.9 Å². The Kier molecular flexibility index (Phi) is 6.69. The first-order chi connectivity index (χ1) is 10.2. The lowest BCUT2D eigenvalue weighted by atomic mass is 10.1. The quantitative estimate of drug-likeness (QED) is 0.743. The highest BCUT2D eigenvalue weighted by molar-refractivity contribution is 7.89. The number of terminal acetylenes is 1. The van der Waals surface area contributed by atoms with Crippen molar-refractivity contribution < 1.29 is 13.2 Å². The minimum absolute atomic E-state index is 0.0239. The number of nitrogens with one attached hydrogen (secondary N) is 2. The van der Waals surface area contributed by atoms with E-state index in [0.29, 0.717) is 25.9 Å². The highest BCUT2D eigenvalue weighted by Gasteiger charge is 2.30. The van der Waals surface area contributed by atoms with Crippen molar-refractivity contribution in [1.82, 2.24) is 14.9 Å². The molecular formula is C15H27N3O3S. The number of rotatable bonds is 5. The first-order valence-electron chi connectivity index (χ1n) is 7.70. The maximum Gasteiger partial charge on any atom is 0.315 e. The molecule has 6 nitrogen and oxygen atoms in total. The highest BCUT2D eigenvalue weighted by atomic mass is 32.2. The van der Waals surface area contributed by atoms with E-state index in [2.05, 4.69) is 16.6 Å². The second kappa shape index (κ2) is 7.84. The highest BCUT2D eigenvalue weighted by Crippen LogP contribution is 2.17. The summed E-state index contributed by atoms with van der Waals surface area (Å²) in [5.74, 6) is 2.71.